The lowest BCUT2D eigenvalue weighted by Gasteiger charge is -2.14. The number of fused-ring (bicyclic) bond motifs is 2. The monoisotopic (exact) mass is 343 g/mol. The minimum Gasteiger partial charge on any atom is -0.387 e. The van der Waals surface area contributed by atoms with Gasteiger partial charge < -0.3 is 15.7 Å². The average molecular weight is 343 g/mol. The van der Waals surface area contributed by atoms with Gasteiger partial charge in [-0.15, -0.1) is 0 Å². The van der Waals surface area contributed by atoms with E-state index in [2.05, 4.69) is 10.6 Å². The molecule has 0 bridgehead atoms. The van der Waals surface area contributed by atoms with Crippen molar-refractivity contribution in [1.82, 2.24) is 4.98 Å². The van der Waals surface area contributed by atoms with E-state index in [1.807, 2.05) is 60.7 Å². The van der Waals surface area contributed by atoms with E-state index in [0.29, 0.717) is 5.69 Å². The maximum atomic E-state index is 11.3. The summed E-state index contributed by atoms with van der Waals surface area (Å²) in [6, 6.07) is 23.4. The number of amides is 1. The summed E-state index contributed by atoms with van der Waals surface area (Å²) in [5.74, 6) is -0.433. The van der Waals surface area contributed by atoms with Gasteiger partial charge in [0.2, 0.25) is 5.91 Å². The molecular weight excluding hydrogens is 326 g/mol. The first-order valence-corrected chi connectivity index (χ1v) is 8.30. The van der Waals surface area contributed by atoms with Crippen LogP contribution in [0.3, 0.4) is 0 Å². The number of anilines is 3. The Hall–Kier alpha value is -3.44. The van der Waals surface area contributed by atoms with E-state index in [1.165, 1.54) is 0 Å². The molecule has 5 heteroatoms. The molecule has 0 saturated carbocycles. The molecule has 0 atom stereocenters. The van der Waals surface area contributed by atoms with E-state index in [4.69, 9.17) is 10.1 Å². The minimum atomic E-state index is -0.533. The molecule has 0 fully saturated rings. The van der Waals surface area contributed by atoms with Gasteiger partial charge in [-0.2, -0.15) is 0 Å². The molecule has 3 aromatic carbocycles. The number of carbonyl (C=O) groups excluding carboxylic acids is 1. The fourth-order valence-electron chi connectivity index (χ4n) is 2.96. The van der Waals surface area contributed by atoms with Crippen LogP contribution in [0.25, 0.3) is 21.8 Å². The Kier molecular flexibility index (Phi) is 4.21. The Morgan fingerprint density at radius 1 is 0.808 bits per heavy atom. The molecule has 1 aromatic heterocycles. The van der Waals surface area contributed by atoms with Crippen LogP contribution in [0.15, 0.2) is 72.8 Å². The van der Waals surface area contributed by atoms with Gasteiger partial charge in [-0.05, 0) is 36.4 Å². The standard InChI is InChI=1S/C21H17N3O2/c25-13-20(26)22-14-9-11-15(12-10-14)23-21-16-5-1-3-7-18(16)24-19-8-4-2-6-17(19)21/h1-12,25H,13H2,(H,22,26)(H,23,24). The number of hydrogen-bond acceptors (Lipinski definition) is 4. The highest BCUT2D eigenvalue weighted by Gasteiger charge is 2.09. The number of nitrogens with zero attached hydrogens (tertiary/aromatic N) is 1. The van der Waals surface area contributed by atoms with Crippen LogP contribution in [-0.4, -0.2) is 22.6 Å². The fourth-order valence-corrected chi connectivity index (χ4v) is 2.96. The second-order valence-corrected chi connectivity index (χ2v) is 5.93. The van der Waals surface area contributed by atoms with Crippen molar-refractivity contribution in [1.29, 1.82) is 0 Å². The van der Waals surface area contributed by atoms with E-state index < -0.39 is 12.5 Å². The van der Waals surface area contributed by atoms with Gasteiger partial charge in [-0.1, -0.05) is 36.4 Å². The van der Waals surface area contributed by atoms with Gasteiger partial charge in [0.25, 0.3) is 0 Å². The number of nitrogens with one attached hydrogen (secondary N) is 2. The number of pyridine rings is 1. The smallest absolute Gasteiger partial charge is 0.250 e. The molecule has 3 N–H and O–H groups in total. The average Bonchev–Trinajstić information content (AvgIpc) is 2.69. The Morgan fingerprint density at radius 3 is 1.92 bits per heavy atom. The predicted molar refractivity (Wildman–Crippen MR) is 105 cm³/mol. The van der Waals surface area contributed by atoms with Crippen molar-refractivity contribution in [3.63, 3.8) is 0 Å². The number of aromatic nitrogens is 1. The third-order valence-electron chi connectivity index (χ3n) is 4.17. The number of hydrogen-bond donors (Lipinski definition) is 3. The van der Waals surface area contributed by atoms with Crippen LogP contribution in [0.2, 0.25) is 0 Å². The van der Waals surface area contributed by atoms with Gasteiger partial charge in [0.15, 0.2) is 0 Å². The highest BCUT2D eigenvalue weighted by atomic mass is 16.3. The van der Waals surface area contributed by atoms with E-state index >= 15 is 0 Å². The summed E-state index contributed by atoms with van der Waals surface area (Å²) in [4.78, 5) is 16.0. The number of para-hydroxylation sites is 2. The maximum Gasteiger partial charge on any atom is 0.250 e. The molecule has 128 valence electrons. The molecule has 1 heterocycles. The van der Waals surface area contributed by atoms with Crippen molar-refractivity contribution >= 4 is 44.8 Å². The van der Waals surface area contributed by atoms with E-state index in [1.54, 1.807) is 12.1 Å². The number of aliphatic hydroxyl groups excluding tert-OH is 1. The van der Waals surface area contributed by atoms with Gasteiger partial charge in [0.1, 0.15) is 6.61 Å². The van der Waals surface area contributed by atoms with Gasteiger partial charge in [0.05, 0.1) is 16.7 Å². The Bertz CT molecular complexity index is 1040. The zero-order chi connectivity index (χ0) is 17.9. The number of benzene rings is 3. The molecular formula is C21H17N3O2. The Labute approximate surface area is 150 Å². The Morgan fingerprint density at radius 2 is 1.35 bits per heavy atom. The normalized spacial score (nSPS) is 10.8. The molecule has 0 aliphatic carbocycles. The van der Waals surface area contributed by atoms with Crippen molar-refractivity contribution in [2.75, 3.05) is 17.2 Å². The largest absolute Gasteiger partial charge is 0.387 e. The summed E-state index contributed by atoms with van der Waals surface area (Å²) in [5, 5.41) is 17.0. The second kappa shape index (κ2) is 6.82. The summed E-state index contributed by atoms with van der Waals surface area (Å²) in [5.41, 5.74) is 4.40. The fraction of sp³-hybridized carbons (Fsp3) is 0.0476. The lowest BCUT2D eigenvalue weighted by atomic mass is 10.1. The summed E-state index contributed by atoms with van der Waals surface area (Å²) in [6.07, 6.45) is 0. The summed E-state index contributed by atoms with van der Waals surface area (Å²) in [6.45, 7) is -0.533. The molecule has 0 spiro atoms. The SMILES string of the molecule is O=C(CO)Nc1ccc(Nc2c3ccccc3nc3ccccc23)cc1. The predicted octanol–water partition coefficient (Wildman–Crippen LogP) is 4.06. The minimum absolute atomic E-state index is 0.433. The third-order valence-corrected chi connectivity index (χ3v) is 4.17. The second-order valence-electron chi connectivity index (χ2n) is 5.93. The van der Waals surface area contributed by atoms with Gasteiger partial charge in [-0.25, -0.2) is 4.98 Å². The molecule has 4 rings (SSSR count). The first-order chi connectivity index (χ1) is 12.7. The number of carbonyl (C=O) groups is 1. The van der Waals surface area contributed by atoms with Crippen molar-refractivity contribution in [3.8, 4) is 0 Å². The zero-order valence-electron chi connectivity index (χ0n) is 13.9. The first-order valence-electron chi connectivity index (χ1n) is 8.30. The quantitative estimate of drug-likeness (QED) is 0.489. The van der Waals surface area contributed by atoms with Gasteiger partial charge in [-0.3, -0.25) is 4.79 Å². The van der Waals surface area contributed by atoms with Crippen molar-refractivity contribution < 1.29 is 9.90 Å². The Balaban J connectivity index is 1.75. The van der Waals surface area contributed by atoms with E-state index in [-0.39, 0.29) is 0 Å². The highest BCUT2D eigenvalue weighted by molar-refractivity contribution is 6.08. The summed E-state index contributed by atoms with van der Waals surface area (Å²) >= 11 is 0. The van der Waals surface area contributed by atoms with E-state index in [9.17, 15) is 4.79 Å². The molecule has 1 amide bonds. The first kappa shape index (κ1) is 16.1. The van der Waals surface area contributed by atoms with E-state index in [0.717, 1.165) is 33.2 Å². The van der Waals surface area contributed by atoms with Crippen LogP contribution in [0, 0.1) is 0 Å². The number of aliphatic hydroxyl groups is 1. The highest BCUT2D eigenvalue weighted by Crippen LogP contribution is 2.33. The lowest BCUT2D eigenvalue weighted by Crippen LogP contribution is -2.15. The third kappa shape index (κ3) is 3.08. The maximum absolute atomic E-state index is 11.3. The van der Waals surface area contributed by atoms with Crippen molar-refractivity contribution in [3.05, 3.63) is 72.8 Å². The lowest BCUT2D eigenvalue weighted by molar-refractivity contribution is -0.118. The number of rotatable bonds is 4. The molecule has 5 nitrogen and oxygen atoms in total. The molecule has 0 radical (unpaired) electrons. The van der Waals surface area contributed by atoms with Crippen LogP contribution < -0.4 is 10.6 Å². The molecule has 0 aliphatic heterocycles. The van der Waals surface area contributed by atoms with Crippen LogP contribution >= 0.6 is 0 Å². The van der Waals surface area contributed by atoms with Crippen molar-refractivity contribution in [2.45, 2.75) is 0 Å². The van der Waals surface area contributed by atoms with Crippen LogP contribution in [0.1, 0.15) is 0 Å². The summed E-state index contributed by atoms with van der Waals surface area (Å²) < 4.78 is 0. The summed E-state index contributed by atoms with van der Waals surface area (Å²) in [7, 11) is 0. The topological polar surface area (TPSA) is 74.2 Å². The molecule has 0 saturated heterocycles. The van der Waals surface area contributed by atoms with Gasteiger partial charge in [0, 0.05) is 22.1 Å². The van der Waals surface area contributed by atoms with Crippen LogP contribution in [-0.2, 0) is 4.79 Å². The zero-order valence-corrected chi connectivity index (χ0v) is 13.9. The molecule has 26 heavy (non-hydrogen) atoms. The molecule has 4 aromatic rings. The molecule has 0 unspecified atom stereocenters. The van der Waals surface area contributed by atoms with Crippen molar-refractivity contribution in [2.24, 2.45) is 0 Å². The van der Waals surface area contributed by atoms with Crippen LogP contribution in [0.4, 0.5) is 17.1 Å². The molecule has 0 aliphatic rings. The van der Waals surface area contributed by atoms with Crippen LogP contribution in [0.5, 0.6) is 0 Å². The van der Waals surface area contributed by atoms with Gasteiger partial charge >= 0.3 is 0 Å².